The molecule has 0 aliphatic carbocycles. The van der Waals surface area contributed by atoms with Crippen molar-refractivity contribution in [1.82, 2.24) is 9.97 Å². The molecule has 0 fully saturated rings. The molecule has 0 spiro atoms. The average molecular weight is 619 g/mol. The third-order valence-electron chi connectivity index (χ3n) is 7.45. The topological polar surface area (TPSA) is 25.8 Å². The summed E-state index contributed by atoms with van der Waals surface area (Å²) in [4.78, 5) is 12.1. The van der Waals surface area contributed by atoms with Crippen molar-refractivity contribution in [2.24, 2.45) is 0 Å². The van der Waals surface area contributed by atoms with Crippen LogP contribution in [-0.4, -0.2) is 9.97 Å². The SMILES string of the molecule is c1ccc2c(c1)sc1c3ccc(-c4nc5sc(-c6ccc7c(c6)sc6c8ccccc8sc76)nc5s4)cc3sc21. The summed E-state index contributed by atoms with van der Waals surface area (Å²) in [5.41, 5.74) is 2.35. The number of hydrogen-bond donors (Lipinski definition) is 0. The van der Waals surface area contributed by atoms with Crippen LogP contribution < -0.4 is 0 Å². The van der Waals surface area contributed by atoms with Crippen LogP contribution in [0.15, 0.2) is 84.9 Å². The Bertz CT molecular complexity index is 2410. The Labute approximate surface area is 251 Å². The molecule has 0 unspecified atom stereocenters. The Morgan fingerprint density at radius 2 is 0.775 bits per heavy atom. The molecule has 4 aromatic carbocycles. The lowest BCUT2D eigenvalue weighted by Gasteiger charge is -1.98. The third kappa shape index (κ3) is 3.12. The zero-order valence-corrected chi connectivity index (χ0v) is 25.3. The Morgan fingerprint density at radius 3 is 1.25 bits per heavy atom. The minimum atomic E-state index is 1.02. The molecule has 0 aliphatic rings. The van der Waals surface area contributed by atoms with Gasteiger partial charge in [-0.25, -0.2) is 9.97 Å². The summed E-state index contributed by atoms with van der Waals surface area (Å²) in [6, 6.07) is 31.1. The minimum Gasteiger partial charge on any atom is -0.223 e. The van der Waals surface area contributed by atoms with Gasteiger partial charge in [-0.15, -0.1) is 45.3 Å². The molecular weight excluding hydrogens is 605 g/mol. The van der Waals surface area contributed by atoms with Crippen LogP contribution in [-0.2, 0) is 0 Å². The first-order valence-electron chi connectivity index (χ1n) is 12.7. The molecule has 0 aliphatic heterocycles. The Kier molecular flexibility index (Phi) is 4.58. The van der Waals surface area contributed by atoms with E-state index in [1.54, 1.807) is 22.7 Å². The smallest absolute Gasteiger partial charge is 0.155 e. The molecule has 6 heterocycles. The molecular formula is C32H14N2S6. The van der Waals surface area contributed by atoms with Crippen molar-refractivity contribution >= 4 is 137 Å². The van der Waals surface area contributed by atoms with E-state index in [1.165, 1.54) is 70.3 Å². The van der Waals surface area contributed by atoms with Gasteiger partial charge in [0.2, 0.25) is 0 Å². The number of fused-ring (bicyclic) bond motifs is 11. The fraction of sp³-hybridized carbons (Fsp3) is 0. The highest BCUT2D eigenvalue weighted by atomic mass is 32.1. The van der Waals surface area contributed by atoms with Crippen molar-refractivity contribution in [3.8, 4) is 21.1 Å². The molecule has 0 radical (unpaired) electrons. The first kappa shape index (κ1) is 22.4. The zero-order valence-electron chi connectivity index (χ0n) is 20.4. The molecule has 6 aromatic heterocycles. The van der Waals surface area contributed by atoms with E-state index in [0.29, 0.717) is 0 Å². The van der Waals surface area contributed by atoms with Gasteiger partial charge < -0.3 is 0 Å². The summed E-state index contributed by atoms with van der Waals surface area (Å²) in [5.74, 6) is 0. The molecule has 10 aromatic rings. The fourth-order valence-corrected chi connectivity index (χ4v) is 13.0. The van der Waals surface area contributed by atoms with Crippen molar-refractivity contribution in [2.75, 3.05) is 0 Å². The standard InChI is InChI=1S/C32H14N2S6/c1-3-7-21-17(5-1)25-27(35-21)19-11-9-15(13-23(19)37-25)29-33-31-32(39-29)34-30(40-31)16-10-12-20-24(14-16)38-26-18-6-2-4-8-22(18)36-28(20)26/h1-14H. The Balaban J connectivity index is 1.04. The van der Waals surface area contributed by atoms with Gasteiger partial charge in [0.15, 0.2) is 9.66 Å². The number of aromatic nitrogens is 2. The van der Waals surface area contributed by atoms with Crippen LogP contribution in [0.25, 0.3) is 89.9 Å². The van der Waals surface area contributed by atoms with Gasteiger partial charge in [-0.2, -0.15) is 0 Å². The second-order valence-electron chi connectivity index (χ2n) is 9.79. The molecule has 0 atom stereocenters. The number of hydrogen-bond acceptors (Lipinski definition) is 8. The predicted octanol–water partition coefficient (Wildman–Crippen LogP) is 12.3. The highest BCUT2D eigenvalue weighted by molar-refractivity contribution is 7.37. The van der Waals surface area contributed by atoms with Crippen molar-refractivity contribution < 1.29 is 0 Å². The van der Waals surface area contributed by atoms with E-state index in [2.05, 4.69) is 84.9 Å². The molecule has 8 heteroatoms. The molecule has 10 rings (SSSR count). The van der Waals surface area contributed by atoms with Crippen LogP contribution >= 0.6 is 68.0 Å². The molecule has 188 valence electrons. The third-order valence-corrected chi connectivity index (χ3v) is 14.6. The van der Waals surface area contributed by atoms with Gasteiger partial charge >= 0.3 is 0 Å². The molecule has 0 saturated heterocycles. The number of nitrogens with zero attached hydrogens (tertiary/aromatic N) is 2. The van der Waals surface area contributed by atoms with Crippen LogP contribution in [0.5, 0.6) is 0 Å². The van der Waals surface area contributed by atoms with Gasteiger partial charge in [0.1, 0.15) is 10.0 Å². The molecule has 0 bridgehead atoms. The molecule has 0 saturated carbocycles. The van der Waals surface area contributed by atoms with Crippen LogP contribution in [0, 0.1) is 0 Å². The zero-order chi connectivity index (χ0) is 25.9. The normalized spacial score (nSPS) is 12.5. The molecule has 0 amide bonds. The van der Waals surface area contributed by atoms with Gasteiger partial charge in [0.25, 0.3) is 0 Å². The summed E-state index contributed by atoms with van der Waals surface area (Å²) in [5, 5.41) is 7.52. The minimum absolute atomic E-state index is 1.02. The van der Waals surface area contributed by atoms with Gasteiger partial charge in [0, 0.05) is 51.5 Å². The summed E-state index contributed by atoms with van der Waals surface area (Å²) in [6.07, 6.45) is 0. The Morgan fingerprint density at radius 1 is 0.375 bits per heavy atom. The maximum absolute atomic E-state index is 5.04. The second-order valence-corrected chi connectivity index (χ2v) is 16.0. The summed E-state index contributed by atoms with van der Waals surface area (Å²) in [7, 11) is 0. The molecule has 40 heavy (non-hydrogen) atoms. The van der Waals surface area contributed by atoms with Crippen molar-refractivity contribution in [2.45, 2.75) is 0 Å². The van der Waals surface area contributed by atoms with E-state index in [9.17, 15) is 0 Å². The van der Waals surface area contributed by atoms with Crippen molar-refractivity contribution in [1.29, 1.82) is 0 Å². The van der Waals surface area contributed by atoms with Crippen LogP contribution in [0.2, 0.25) is 0 Å². The van der Waals surface area contributed by atoms with E-state index < -0.39 is 0 Å². The van der Waals surface area contributed by atoms with E-state index in [4.69, 9.17) is 9.97 Å². The lowest BCUT2D eigenvalue weighted by atomic mass is 10.2. The van der Waals surface area contributed by atoms with Crippen molar-refractivity contribution in [3.63, 3.8) is 0 Å². The summed E-state index contributed by atoms with van der Waals surface area (Å²) < 4.78 is 11.0. The lowest BCUT2D eigenvalue weighted by Crippen LogP contribution is -1.76. The quantitative estimate of drug-likeness (QED) is 0.193. The fourth-order valence-electron chi connectivity index (χ4n) is 5.56. The number of rotatable bonds is 2. The second kappa shape index (κ2) is 8.16. The van der Waals surface area contributed by atoms with Gasteiger partial charge in [-0.05, 0) is 24.3 Å². The van der Waals surface area contributed by atoms with Crippen LogP contribution in [0.1, 0.15) is 0 Å². The number of thiophene rings is 4. The predicted molar refractivity (Wildman–Crippen MR) is 183 cm³/mol. The highest BCUT2D eigenvalue weighted by Crippen LogP contribution is 2.47. The molecule has 0 N–H and O–H groups in total. The van der Waals surface area contributed by atoms with Crippen LogP contribution in [0.4, 0.5) is 0 Å². The summed E-state index contributed by atoms with van der Waals surface area (Å²) >= 11 is 11.0. The highest BCUT2D eigenvalue weighted by Gasteiger charge is 2.17. The van der Waals surface area contributed by atoms with Gasteiger partial charge in [0.05, 0.1) is 18.8 Å². The first-order valence-corrected chi connectivity index (χ1v) is 17.6. The van der Waals surface area contributed by atoms with E-state index in [1.807, 2.05) is 45.3 Å². The van der Waals surface area contributed by atoms with Gasteiger partial charge in [-0.3, -0.25) is 0 Å². The van der Waals surface area contributed by atoms with Crippen molar-refractivity contribution in [3.05, 3.63) is 84.9 Å². The summed E-state index contributed by atoms with van der Waals surface area (Å²) in [6.45, 7) is 0. The average Bonchev–Trinajstić information content (AvgIpc) is 3.80. The van der Waals surface area contributed by atoms with E-state index in [-0.39, 0.29) is 0 Å². The largest absolute Gasteiger partial charge is 0.223 e. The number of thiazole rings is 2. The van der Waals surface area contributed by atoms with E-state index in [0.717, 1.165) is 19.7 Å². The Hall–Kier alpha value is -3.24. The maximum atomic E-state index is 5.04. The first-order chi connectivity index (χ1) is 19.8. The molecule has 2 nitrogen and oxygen atoms in total. The monoisotopic (exact) mass is 618 g/mol. The van der Waals surface area contributed by atoms with Gasteiger partial charge in [-0.1, -0.05) is 83.3 Å². The lowest BCUT2D eigenvalue weighted by molar-refractivity contribution is 1.49. The van der Waals surface area contributed by atoms with Crippen LogP contribution in [0.3, 0.4) is 0 Å². The van der Waals surface area contributed by atoms with E-state index >= 15 is 0 Å². The number of benzene rings is 4. The maximum Gasteiger partial charge on any atom is 0.155 e.